The maximum atomic E-state index is 8.87. The van der Waals surface area contributed by atoms with E-state index in [-0.39, 0.29) is 0 Å². The van der Waals surface area contributed by atoms with Crippen molar-refractivity contribution >= 4 is 13.3 Å². The molecule has 0 aromatic carbocycles. The summed E-state index contributed by atoms with van der Waals surface area (Å²) in [6.07, 6.45) is 4.82. The van der Waals surface area contributed by atoms with Crippen LogP contribution in [0.5, 0.6) is 0 Å². The standard InChI is InChI=1S/C12H22GeO/c1-13(2,3)8-6-4-5-7-11-9-12(11)10-14/h11-12,14H,4-5,7,9-10H2,1-3H3/t11-,12+/m1/s1. The first-order valence-corrected chi connectivity index (χ1v) is 13.0. The van der Waals surface area contributed by atoms with Crippen LogP contribution in [-0.2, 0) is 0 Å². The fourth-order valence-corrected chi connectivity index (χ4v) is 3.04. The van der Waals surface area contributed by atoms with Crippen LogP contribution in [0.4, 0.5) is 0 Å². The fourth-order valence-electron chi connectivity index (χ4n) is 1.67. The first-order chi connectivity index (χ1) is 6.53. The Hall–Kier alpha value is 0.0629. The number of hydrogen-bond acceptors (Lipinski definition) is 1. The van der Waals surface area contributed by atoms with E-state index in [0.717, 1.165) is 12.3 Å². The molecule has 0 heterocycles. The number of rotatable bonds is 4. The SMILES string of the molecule is [CH3][Ge]([CH3])([CH3])[C]#CCCC[C@@H]1C[C@H]1CO. The van der Waals surface area contributed by atoms with E-state index in [1.54, 1.807) is 0 Å². The summed E-state index contributed by atoms with van der Waals surface area (Å²) < 4.78 is 3.43. The molecular formula is C12H22GeO. The molecule has 1 fully saturated rings. The molecule has 14 heavy (non-hydrogen) atoms. The predicted octanol–water partition coefficient (Wildman–Crippen LogP) is 2.67. The summed E-state index contributed by atoms with van der Waals surface area (Å²) in [6, 6.07) is 0. The van der Waals surface area contributed by atoms with Crippen LogP contribution in [0.15, 0.2) is 0 Å². The zero-order chi connectivity index (χ0) is 10.6. The Balaban J connectivity index is 2.02. The second-order valence-electron chi connectivity index (χ2n) is 5.38. The number of unbranched alkanes of at least 4 members (excludes halogenated alkanes) is 1. The van der Waals surface area contributed by atoms with Crippen LogP contribution in [0.25, 0.3) is 0 Å². The summed E-state index contributed by atoms with van der Waals surface area (Å²) in [5.74, 6) is 11.7. The molecule has 1 N–H and O–H groups in total. The van der Waals surface area contributed by atoms with Crippen molar-refractivity contribution < 1.29 is 5.11 Å². The summed E-state index contributed by atoms with van der Waals surface area (Å²) in [4.78, 5) is 0. The zero-order valence-electron chi connectivity index (χ0n) is 9.64. The van der Waals surface area contributed by atoms with Gasteiger partial charge in [-0.2, -0.15) is 0 Å². The van der Waals surface area contributed by atoms with Gasteiger partial charge in [0.05, 0.1) is 0 Å². The second-order valence-corrected chi connectivity index (χ2v) is 15.3. The van der Waals surface area contributed by atoms with Crippen molar-refractivity contribution in [1.29, 1.82) is 0 Å². The first kappa shape index (κ1) is 12.1. The normalized spacial score (nSPS) is 25.4. The van der Waals surface area contributed by atoms with Gasteiger partial charge in [0.1, 0.15) is 0 Å². The second kappa shape index (κ2) is 5.23. The molecule has 0 amide bonds. The van der Waals surface area contributed by atoms with Crippen LogP contribution < -0.4 is 0 Å². The van der Waals surface area contributed by atoms with Gasteiger partial charge in [0.15, 0.2) is 0 Å². The summed E-state index contributed by atoms with van der Waals surface area (Å²) in [5.41, 5.74) is 0. The Labute approximate surface area is 90.6 Å². The van der Waals surface area contributed by atoms with E-state index in [1.807, 2.05) is 0 Å². The van der Waals surface area contributed by atoms with E-state index in [0.29, 0.717) is 12.5 Å². The average molecular weight is 255 g/mol. The molecule has 80 valence electrons. The van der Waals surface area contributed by atoms with Crippen LogP contribution in [0.1, 0.15) is 25.7 Å². The minimum absolute atomic E-state index is 0.396. The van der Waals surface area contributed by atoms with E-state index in [1.165, 1.54) is 19.3 Å². The summed E-state index contributed by atoms with van der Waals surface area (Å²) in [6.45, 7) is 0.396. The van der Waals surface area contributed by atoms with E-state index in [4.69, 9.17) is 5.11 Å². The Morgan fingerprint density at radius 3 is 2.50 bits per heavy atom. The molecule has 0 unspecified atom stereocenters. The molecule has 0 saturated heterocycles. The Morgan fingerprint density at radius 2 is 2.00 bits per heavy atom. The van der Waals surface area contributed by atoms with Crippen LogP contribution >= 0.6 is 0 Å². The molecule has 0 radical (unpaired) electrons. The van der Waals surface area contributed by atoms with Crippen LogP contribution in [-0.4, -0.2) is 25.0 Å². The molecule has 1 saturated carbocycles. The predicted molar refractivity (Wildman–Crippen MR) is 63.7 cm³/mol. The fraction of sp³-hybridized carbons (Fsp3) is 0.833. The summed E-state index contributed by atoms with van der Waals surface area (Å²) in [5, 5.41) is 8.87. The van der Waals surface area contributed by atoms with Crippen molar-refractivity contribution in [1.82, 2.24) is 0 Å². The third-order valence-corrected chi connectivity index (χ3v) is 4.59. The minimum atomic E-state index is -1.59. The van der Waals surface area contributed by atoms with Gasteiger partial charge in [-0.05, 0) is 0 Å². The molecule has 0 bridgehead atoms. The maximum absolute atomic E-state index is 8.87. The van der Waals surface area contributed by atoms with Gasteiger partial charge in [-0.3, -0.25) is 0 Å². The molecule has 0 aromatic heterocycles. The van der Waals surface area contributed by atoms with Gasteiger partial charge in [-0.1, -0.05) is 0 Å². The third kappa shape index (κ3) is 5.07. The van der Waals surface area contributed by atoms with Gasteiger partial charge in [0.25, 0.3) is 0 Å². The molecule has 0 spiro atoms. The van der Waals surface area contributed by atoms with Crippen LogP contribution in [0.2, 0.25) is 17.3 Å². The van der Waals surface area contributed by atoms with Gasteiger partial charge in [-0.15, -0.1) is 0 Å². The molecule has 2 heteroatoms. The van der Waals surface area contributed by atoms with Gasteiger partial charge in [0, 0.05) is 0 Å². The molecule has 1 aliphatic carbocycles. The van der Waals surface area contributed by atoms with Crippen molar-refractivity contribution in [2.75, 3.05) is 6.61 Å². The Morgan fingerprint density at radius 1 is 1.29 bits per heavy atom. The number of aliphatic hydroxyl groups is 1. The monoisotopic (exact) mass is 256 g/mol. The average Bonchev–Trinajstić information content (AvgIpc) is 2.80. The molecule has 0 aromatic rings. The van der Waals surface area contributed by atoms with Crippen molar-refractivity contribution in [2.24, 2.45) is 11.8 Å². The Bertz CT molecular complexity index is 231. The number of hydrogen-bond donors (Lipinski definition) is 1. The first-order valence-electron chi connectivity index (χ1n) is 5.64. The van der Waals surface area contributed by atoms with Crippen molar-refractivity contribution in [3.63, 3.8) is 0 Å². The Kier molecular flexibility index (Phi) is 4.53. The van der Waals surface area contributed by atoms with Gasteiger partial charge in [0.2, 0.25) is 0 Å². The van der Waals surface area contributed by atoms with Crippen molar-refractivity contribution in [2.45, 2.75) is 43.0 Å². The van der Waals surface area contributed by atoms with Gasteiger partial charge < -0.3 is 0 Å². The van der Waals surface area contributed by atoms with E-state index in [2.05, 4.69) is 27.9 Å². The molecular weight excluding hydrogens is 233 g/mol. The summed E-state index contributed by atoms with van der Waals surface area (Å²) in [7, 11) is 0. The summed E-state index contributed by atoms with van der Waals surface area (Å²) >= 11 is -1.59. The molecule has 1 nitrogen and oxygen atoms in total. The number of aliphatic hydroxyl groups excluding tert-OH is 1. The topological polar surface area (TPSA) is 20.2 Å². The van der Waals surface area contributed by atoms with Crippen molar-refractivity contribution in [3.05, 3.63) is 0 Å². The quantitative estimate of drug-likeness (QED) is 0.465. The molecule has 1 aliphatic rings. The molecule has 1 rings (SSSR count). The molecule has 2 atom stereocenters. The van der Waals surface area contributed by atoms with Crippen LogP contribution in [0, 0.1) is 22.5 Å². The molecule has 0 aliphatic heterocycles. The third-order valence-electron chi connectivity index (χ3n) is 2.64. The van der Waals surface area contributed by atoms with Gasteiger partial charge in [-0.25, -0.2) is 0 Å². The van der Waals surface area contributed by atoms with E-state index >= 15 is 0 Å². The van der Waals surface area contributed by atoms with Gasteiger partial charge >= 0.3 is 90.4 Å². The van der Waals surface area contributed by atoms with E-state index < -0.39 is 13.3 Å². The van der Waals surface area contributed by atoms with Crippen molar-refractivity contribution in [3.8, 4) is 10.7 Å². The van der Waals surface area contributed by atoms with E-state index in [9.17, 15) is 0 Å². The zero-order valence-corrected chi connectivity index (χ0v) is 11.7. The van der Waals surface area contributed by atoms with Crippen LogP contribution in [0.3, 0.4) is 0 Å².